The van der Waals surface area contributed by atoms with Crippen LogP contribution in [-0.4, -0.2) is 47.1 Å². The molecule has 1 fully saturated rings. The van der Waals surface area contributed by atoms with E-state index in [0.717, 1.165) is 17.7 Å². The number of para-hydroxylation sites is 1. The Morgan fingerprint density at radius 1 is 1.21 bits per heavy atom. The molecule has 2 amide bonds. The van der Waals surface area contributed by atoms with E-state index in [4.69, 9.17) is 9.15 Å². The van der Waals surface area contributed by atoms with Gasteiger partial charge in [-0.05, 0) is 37.1 Å². The van der Waals surface area contributed by atoms with Crippen LogP contribution in [0.15, 0.2) is 47.1 Å². The van der Waals surface area contributed by atoms with Crippen molar-refractivity contribution in [2.24, 2.45) is 0 Å². The molecule has 2 aliphatic rings. The number of furan rings is 1. The van der Waals surface area contributed by atoms with Crippen molar-refractivity contribution in [2.45, 2.75) is 37.7 Å². The number of ether oxygens (including phenoxy) is 1. The third kappa shape index (κ3) is 3.64. The predicted molar refractivity (Wildman–Crippen MR) is 108 cm³/mol. The Morgan fingerprint density at radius 3 is 2.72 bits per heavy atom. The number of hydrogen-bond acceptors (Lipinski definition) is 6. The van der Waals surface area contributed by atoms with E-state index >= 15 is 0 Å². The van der Waals surface area contributed by atoms with Crippen molar-refractivity contribution >= 4 is 35.2 Å². The lowest BCUT2D eigenvalue weighted by Gasteiger charge is -2.26. The van der Waals surface area contributed by atoms with E-state index in [1.54, 1.807) is 17.0 Å². The van der Waals surface area contributed by atoms with Crippen molar-refractivity contribution in [3.8, 4) is 0 Å². The Labute approximate surface area is 173 Å². The van der Waals surface area contributed by atoms with Gasteiger partial charge >= 0.3 is 5.97 Å². The standard InChI is InChI=1S/C21H22N2O5S/c1-13-10-15-6-3-4-7-16(15)22(13)19(25)11-28-21(26)17-12-29-20(23(17)14(2)24)18-8-5-9-27-18/h3-9,13,17,20H,10-12H2,1-2H3/t13-,17+,20+/m0/s1. The van der Waals surface area contributed by atoms with Crippen LogP contribution in [0.3, 0.4) is 0 Å². The molecule has 29 heavy (non-hydrogen) atoms. The van der Waals surface area contributed by atoms with Crippen molar-refractivity contribution in [1.82, 2.24) is 4.90 Å². The maximum Gasteiger partial charge on any atom is 0.330 e. The predicted octanol–water partition coefficient (Wildman–Crippen LogP) is 2.76. The Kier molecular flexibility index (Phi) is 5.36. The largest absolute Gasteiger partial charge is 0.466 e. The second-order valence-electron chi connectivity index (χ2n) is 7.20. The van der Waals surface area contributed by atoms with E-state index in [2.05, 4.69) is 0 Å². The molecule has 152 valence electrons. The van der Waals surface area contributed by atoms with Crippen molar-refractivity contribution in [2.75, 3.05) is 17.3 Å². The van der Waals surface area contributed by atoms with Gasteiger partial charge in [0.25, 0.3) is 5.91 Å². The number of carbonyl (C=O) groups is 3. The summed E-state index contributed by atoms with van der Waals surface area (Å²) in [4.78, 5) is 40.8. The molecule has 2 aliphatic heterocycles. The number of esters is 1. The number of thioether (sulfide) groups is 1. The molecule has 0 N–H and O–H groups in total. The van der Waals surface area contributed by atoms with Gasteiger partial charge in [-0.1, -0.05) is 18.2 Å². The molecule has 3 atom stereocenters. The molecule has 0 aliphatic carbocycles. The molecule has 0 spiro atoms. The molecule has 1 aromatic heterocycles. The summed E-state index contributed by atoms with van der Waals surface area (Å²) >= 11 is 1.44. The highest BCUT2D eigenvalue weighted by Gasteiger charge is 2.43. The number of fused-ring (bicyclic) bond motifs is 1. The first-order chi connectivity index (χ1) is 14.0. The van der Waals surface area contributed by atoms with Crippen LogP contribution in [0, 0.1) is 0 Å². The van der Waals surface area contributed by atoms with Crippen LogP contribution in [0.4, 0.5) is 5.69 Å². The van der Waals surface area contributed by atoms with Crippen molar-refractivity contribution in [3.63, 3.8) is 0 Å². The minimum absolute atomic E-state index is 0.0117. The fourth-order valence-electron chi connectivity index (χ4n) is 3.97. The summed E-state index contributed by atoms with van der Waals surface area (Å²) in [6.45, 7) is 3.03. The van der Waals surface area contributed by atoms with Gasteiger partial charge in [-0.2, -0.15) is 0 Å². The third-order valence-electron chi connectivity index (χ3n) is 5.24. The maximum atomic E-state index is 12.8. The van der Waals surface area contributed by atoms with Crippen molar-refractivity contribution in [1.29, 1.82) is 0 Å². The number of benzene rings is 1. The zero-order valence-electron chi connectivity index (χ0n) is 16.2. The van der Waals surface area contributed by atoms with E-state index in [1.807, 2.05) is 31.2 Å². The first kappa shape index (κ1) is 19.6. The molecular weight excluding hydrogens is 392 g/mol. The number of carbonyl (C=O) groups excluding carboxylic acids is 3. The van der Waals surface area contributed by atoms with Crippen LogP contribution < -0.4 is 4.90 Å². The third-order valence-corrected chi connectivity index (χ3v) is 6.52. The molecule has 2 aromatic rings. The Morgan fingerprint density at radius 2 is 2.00 bits per heavy atom. The summed E-state index contributed by atoms with van der Waals surface area (Å²) in [5.74, 6) is -0.0829. The molecule has 1 saturated heterocycles. The van der Waals surface area contributed by atoms with E-state index in [9.17, 15) is 14.4 Å². The Balaban J connectivity index is 1.42. The lowest BCUT2D eigenvalue weighted by Crippen LogP contribution is -2.44. The van der Waals surface area contributed by atoms with E-state index in [1.165, 1.54) is 29.8 Å². The van der Waals surface area contributed by atoms with Gasteiger partial charge < -0.3 is 19.0 Å². The van der Waals surface area contributed by atoms with Gasteiger partial charge in [0, 0.05) is 24.4 Å². The molecule has 4 rings (SSSR count). The van der Waals surface area contributed by atoms with Crippen LogP contribution in [0.1, 0.15) is 30.5 Å². The quantitative estimate of drug-likeness (QED) is 0.716. The summed E-state index contributed by atoms with van der Waals surface area (Å²) in [6.07, 6.45) is 2.31. The highest BCUT2D eigenvalue weighted by molar-refractivity contribution is 7.99. The normalized spacial score (nSPS) is 23.2. The topological polar surface area (TPSA) is 80.1 Å². The Bertz CT molecular complexity index is 929. The average Bonchev–Trinajstić information content (AvgIpc) is 3.42. The molecule has 0 radical (unpaired) electrons. The number of hydrogen-bond donors (Lipinski definition) is 0. The molecule has 0 bridgehead atoms. The summed E-state index contributed by atoms with van der Waals surface area (Å²) < 4.78 is 10.8. The lowest BCUT2D eigenvalue weighted by molar-refractivity contribution is -0.155. The first-order valence-corrected chi connectivity index (χ1v) is 10.5. The zero-order chi connectivity index (χ0) is 20.5. The van der Waals surface area contributed by atoms with Crippen molar-refractivity contribution < 1.29 is 23.5 Å². The molecular formula is C21H22N2O5S. The van der Waals surface area contributed by atoms with Crippen LogP contribution >= 0.6 is 11.8 Å². The molecule has 8 heteroatoms. The van der Waals surface area contributed by atoms with Gasteiger partial charge in [0.1, 0.15) is 17.2 Å². The summed E-state index contributed by atoms with van der Waals surface area (Å²) in [7, 11) is 0. The maximum absolute atomic E-state index is 12.8. The molecule has 7 nitrogen and oxygen atoms in total. The summed E-state index contributed by atoms with van der Waals surface area (Å²) in [6, 6.07) is 10.5. The number of rotatable bonds is 4. The van der Waals surface area contributed by atoms with Gasteiger partial charge in [-0.25, -0.2) is 4.79 Å². The Hall–Kier alpha value is -2.74. The monoisotopic (exact) mass is 414 g/mol. The summed E-state index contributed by atoms with van der Waals surface area (Å²) in [5.41, 5.74) is 1.97. The second kappa shape index (κ2) is 7.94. The van der Waals surface area contributed by atoms with Gasteiger partial charge in [-0.15, -0.1) is 11.8 Å². The highest BCUT2D eigenvalue weighted by atomic mass is 32.2. The van der Waals surface area contributed by atoms with Crippen LogP contribution in [0.25, 0.3) is 0 Å². The number of nitrogens with zero attached hydrogens (tertiary/aromatic N) is 2. The number of anilines is 1. The van der Waals surface area contributed by atoms with Crippen LogP contribution in [0.5, 0.6) is 0 Å². The smallest absolute Gasteiger partial charge is 0.330 e. The summed E-state index contributed by atoms with van der Waals surface area (Å²) in [5, 5.41) is -0.374. The van der Waals surface area contributed by atoms with E-state index < -0.39 is 12.0 Å². The zero-order valence-corrected chi connectivity index (χ0v) is 17.1. The minimum Gasteiger partial charge on any atom is -0.466 e. The van der Waals surface area contributed by atoms with Crippen LogP contribution in [-0.2, 0) is 25.5 Å². The van der Waals surface area contributed by atoms with Gasteiger partial charge in [0.15, 0.2) is 6.61 Å². The van der Waals surface area contributed by atoms with Gasteiger partial charge in [0.2, 0.25) is 5.91 Å². The fourth-order valence-corrected chi connectivity index (χ4v) is 5.38. The van der Waals surface area contributed by atoms with E-state index in [0.29, 0.717) is 11.5 Å². The SMILES string of the molecule is CC(=O)N1[C@@H](C(=O)OCC(=O)N2c3ccccc3C[C@@H]2C)CS[C@@H]1c1ccco1. The van der Waals surface area contributed by atoms with Gasteiger partial charge in [-0.3, -0.25) is 9.59 Å². The molecule has 3 heterocycles. The average molecular weight is 414 g/mol. The molecule has 0 unspecified atom stereocenters. The van der Waals surface area contributed by atoms with Gasteiger partial charge in [0.05, 0.1) is 6.26 Å². The highest BCUT2D eigenvalue weighted by Crippen LogP contribution is 2.41. The van der Waals surface area contributed by atoms with E-state index in [-0.39, 0.29) is 29.8 Å². The van der Waals surface area contributed by atoms with Crippen LogP contribution in [0.2, 0.25) is 0 Å². The minimum atomic E-state index is -0.747. The lowest BCUT2D eigenvalue weighted by atomic mass is 10.1. The second-order valence-corrected chi connectivity index (χ2v) is 8.31. The first-order valence-electron chi connectivity index (χ1n) is 9.48. The molecule has 1 aromatic carbocycles. The van der Waals surface area contributed by atoms with Crippen molar-refractivity contribution in [3.05, 3.63) is 54.0 Å². The fraction of sp³-hybridized carbons (Fsp3) is 0.381. The molecule has 0 saturated carbocycles. The number of amides is 2.